The molecule has 1 N–H and O–H groups in total. The lowest BCUT2D eigenvalue weighted by atomic mass is 9.64. The molecule has 1 amide bonds. The van der Waals surface area contributed by atoms with Gasteiger partial charge < -0.3 is 5.32 Å². The molecule has 4 heteroatoms. The van der Waals surface area contributed by atoms with Crippen LogP contribution in [0.1, 0.15) is 33.6 Å². The molecule has 0 aromatic heterocycles. The number of anilines is 1. The number of hydrogen-bond donors (Lipinski definition) is 1. The number of fused-ring (bicyclic) bond motifs is 2. The predicted molar refractivity (Wildman–Crippen MR) is 86.3 cm³/mol. The van der Waals surface area contributed by atoms with Gasteiger partial charge in [-0.2, -0.15) is 0 Å². The Labute approximate surface area is 133 Å². The van der Waals surface area contributed by atoms with Crippen LogP contribution in [0.3, 0.4) is 0 Å². The number of hydrogen-bond acceptors (Lipinski definition) is 2. The third kappa shape index (κ3) is 1.60. The van der Waals surface area contributed by atoms with Crippen molar-refractivity contribution in [2.24, 2.45) is 16.2 Å². The van der Waals surface area contributed by atoms with Gasteiger partial charge >= 0.3 is 0 Å². The second-order valence-corrected chi connectivity index (χ2v) is 7.89. The van der Waals surface area contributed by atoms with Gasteiger partial charge in [-0.15, -0.1) is 0 Å². The van der Waals surface area contributed by atoms with Gasteiger partial charge in [0, 0.05) is 11.1 Å². The fraction of sp³-hybridized carbons (Fsp3) is 0.529. The molecule has 3 rings (SSSR count). The van der Waals surface area contributed by atoms with Crippen molar-refractivity contribution in [2.45, 2.75) is 38.4 Å². The van der Waals surface area contributed by atoms with Crippen molar-refractivity contribution in [3.63, 3.8) is 0 Å². The topological polar surface area (TPSA) is 46.2 Å². The second-order valence-electron chi connectivity index (χ2n) is 6.98. The van der Waals surface area contributed by atoms with E-state index in [0.29, 0.717) is 0 Å². The van der Waals surface area contributed by atoms with Gasteiger partial charge in [0.05, 0.1) is 10.2 Å². The zero-order valence-electron chi connectivity index (χ0n) is 12.6. The van der Waals surface area contributed by atoms with Gasteiger partial charge in [0.25, 0.3) is 0 Å². The first-order valence-corrected chi connectivity index (χ1v) is 8.24. The Morgan fingerprint density at radius 3 is 2.33 bits per heavy atom. The second kappa shape index (κ2) is 4.42. The number of benzene rings is 1. The van der Waals surface area contributed by atoms with Crippen LogP contribution in [-0.2, 0) is 9.59 Å². The lowest BCUT2D eigenvalue weighted by molar-refractivity contribution is -0.130. The normalized spacial score (nSPS) is 36.8. The first-order chi connectivity index (χ1) is 9.77. The summed E-state index contributed by atoms with van der Waals surface area (Å²) in [7, 11) is 0. The average Bonchev–Trinajstić information content (AvgIpc) is 2.72. The molecule has 1 aromatic rings. The van der Waals surface area contributed by atoms with Crippen LogP contribution in [-0.4, -0.2) is 16.5 Å². The molecule has 112 valence electrons. The highest BCUT2D eigenvalue weighted by Gasteiger charge is 2.76. The summed E-state index contributed by atoms with van der Waals surface area (Å²) in [6.45, 7) is 6.13. The summed E-state index contributed by atoms with van der Waals surface area (Å²) in [6.07, 6.45) is 1.53. The lowest BCUT2D eigenvalue weighted by Crippen LogP contribution is -2.47. The van der Waals surface area contributed by atoms with E-state index >= 15 is 0 Å². The maximum Gasteiger partial charge on any atom is 0.232 e. The summed E-state index contributed by atoms with van der Waals surface area (Å²) in [6, 6.07) is 9.44. The van der Waals surface area contributed by atoms with Crippen molar-refractivity contribution in [1.82, 2.24) is 0 Å². The predicted octanol–water partition coefficient (Wildman–Crippen LogP) is 3.78. The van der Waals surface area contributed by atoms with E-state index in [0.717, 1.165) is 18.5 Å². The zero-order valence-corrected chi connectivity index (χ0v) is 14.2. The standard InChI is InChI=1S/C17H20BrNO2/c1-15(2)16(3)9-10-17(15,12(18)13(16)20)14(21)19-11-7-5-4-6-8-11/h4-8,12H,9-10H2,1-3H3,(H,19,21)/t12-,16-,17-/m1/s1. The van der Waals surface area contributed by atoms with E-state index in [1.165, 1.54) is 0 Å². The van der Waals surface area contributed by atoms with E-state index in [-0.39, 0.29) is 17.1 Å². The minimum absolute atomic E-state index is 0.0462. The van der Waals surface area contributed by atoms with E-state index in [4.69, 9.17) is 0 Å². The number of carbonyl (C=O) groups is 2. The quantitative estimate of drug-likeness (QED) is 0.825. The summed E-state index contributed by atoms with van der Waals surface area (Å²) < 4.78 is 0. The molecule has 3 nitrogen and oxygen atoms in total. The van der Waals surface area contributed by atoms with E-state index in [1.807, 2.05) is 37.3 Å². The van der Waals surface area contributed by atoms with E-state index in [1.54, 1.807) is 0 Å². The lowest BCUT2D eigenvalue weighted by Gasteiger charge is -2.39. The number of carbonyl (C=O) groups excluding carboxylic acids is 2. The molecular weight excluding hydrogens is 330 g/mol. The highest BCUT2D eigenvalue weighted by molar-refractivity contribution is 9.10. The number of ketones is 1. The smallest absolute Gasteiger partial charge is 0.232 e. The largest absolute Gasteiger partial charge is 0.326 e. The van der Waals surface area contributed by atoms with Gasteiger partial charge in [-0.05, 0) is 30.4 Å². The number of amides is 1. The Morgan fingerprint density at radius 1 is 1.19 bits per heavy atom. The fourth-order valence-electron chi connectivity index (χ4n) is 4.22. The molecule has 0 saturated heterocycles. The maximum atomic E-state index is 13.0. The summed E-state index contributed by atoms with van der Waals surface area (Å²) in [5.74, 6) is 0.122. The monoisotopic (exact) mass is 349 g/mol. The van der Waals surface area contributed by atoms with Crippen LogP contribution in [0.2, 0.25) is 0 Å². The molecule has 2 saturated carbocycles. The molecule has 0 spiro atoms. The Balaban J connectivity index is 2.00. The summed E-state index contributed by atoms with van der Waals surface area (Å²) >= 11 is 3.53. The fourth-order valence-corrected chi connectivity index (χ4v) is 5.73. The van der Waals surface area contributed by atoms with Gasteiger partial charge in [0.1, 0.15) is 0 Å². The molecule has 0 unspecified atom stereocenters. The minimum atomic E-state index is -0.672. The number of para-hydroxylation sites is 1. The summed E-state index contributed by atoms with van der Waals surface area (Å²) in [4.78, 5) is 25.3. The van der Waals surface area contributed by atoms with Crippen LogP contribution in [0.5, 0.6) is 0 Å². The van der Waals surface area contributed by atoms with Gasteiger partial charge in [0.15, 0.2) is 5.78 Å². The average molecular weight is 350 g/mol. The van der Waals surface area contributed by atoms with Crippen LogP contribution >= 0.6 is 15.9 Å². The highest BCUT2D eigenvalue weighted by atomic mass is 79.9. The molecule has 21 heavy (non-hydrogen) atoms. The number of alkyl halides is 1. The first kappa shape index (κ1) is 14.8. The van der Waals surface area contributed by atoms with Gasteiger partial charge in [-0.1, -0.05) is 54.9 Å². The van der Waals surface area contributed by atoms with Crippen LogP contribution < -0.4 is 5.32 Å². The Hall–Kier alpha value is -1.16. The Bertz CT molecular complexity index is 612. The Kier molecular flexibility index (Phi) is 3.11. The summed E-state index contributed by atoms with van der Waals surface area (Å²) in [5, 5.41) is 3.00. The van der Waals surface area contributed by atoms with Crippen molar-refractivity contribution >= 4 is 33.3 Å². The molecule has 0 radical (unpaired) electrons. The molecule has 2 aliphatic carbocycles. The van der Waals surface area contributed by atoms with Gasteiger partial charge in [-0.3, -0.25) is 9.59 Å². The van der Waals surface area contributed by atoms with Crippen molar-refractivity contribution in [1.29, 1.82) is 0 Å². The molecule has 1 aromatic carbocycles. The zero-order chi connectivity index (χ0) is 15.5. The molecule has 3 atom stereocenters. The number of nitrogens with one attached hydrogen (secondary N) is 1. The van der Waals surface area contributed by atoms with Crippen LogP contribution in [0.15, 0.2) is 30.3 Å². The van der Waals surface area contributed by atoms with Gasteiger partial charge in [0.2, 0.25) is 5.91 Å². The third-order valence-electron chi connectivity index (χ3n) is 6.16. The summed E-state index contributed by atoms with van der Waals surface area (Å²) in [5.41, 5.74) is -0.672. The number of rotatable bonds is 2. The van der Waals surface area contributed by atoms with Crippen molar-refractivity contribution < 1.29 is 9.59 Å². The molecule has 2 aliphatic rings. The van der Waals surface area contributed by atoms with Gasteiger partial charge in [-0.25, -0.2) is 0 Å². The molecular formula is C17H20BrNO2. The number of Topliss-reactive ketones (excluding diaryl/α,β-unsaturated/α-hetero) is 1. The minimum Gasteiger partial charge on any atom is -0.326 e. The highest BCUT2D eigenvalue weighted by Crippen LogP contribution is 2.72. The van der Waals surface area contributed by atoms with E-state index in [9.17, 15) is 9.59 Å². The Morgan fingerprint density at radius 2 is 1.81 bits per heavy atom. The molecule has 0 aliphatic heterocycles. The maximum absolute atomic E-state index is 13.0. The molecule has 2 bridgehead atoms. The SMILES string of the molecule is CC1(C)[C@]2(C(=O)Nc3ccccc3)CC[C@]1(C)C(=O)[C@H]2Br. The number of halogens is 1. The van der Waals surface area contributed by atoms with E-state index in [2.05, 4.69) is 35.1 Å². The molecule has 0 heterocycles. The van der Waals surface area contributed by atoms with Crippen LogP contribution in [0, 0.1) is 16.2 Å². The first-order valence-electron chi connectivity index (χ1n) is 7.32. The van der Waals surface area contributed by atoms with E-state index < -0.39 is 15.7 Å². The third-order valence-corrected chi connectivity index (χ3v) is 7.35. The van der Waals surface area contributed by atoms with Crippen molar-refractivity contribution in [2.75, 3.05) is 5.32 Å². The van der Waals surface area contributed by atoms with Crippen molar-refractivity contribution in [3.8, 4) is 0 Å². The molecule has 2 fully saturated rings. The van der Waals surface area contributed by atoms with Crippen LogP contribution in [0.4, 0.5) is 5.69 Å². The van der Waals surface area contributed by atoms with Crippen LogP contribution in [0.25, 0.3) is 0 Å². The van der Waals surface area contributed by atoms with Crippen molar-refractivity contribution in [3.05, 3.63) is 30.3 Å².